The number of amides is 2. The number of carbonyl (C=O) groups is 2. The summed E-state index contributed by atoms with van der Waals surface area (Å²) in [6, 6.07) is 7.88. The average Bonchev–Trinajstić information content (AvgIpc) is 3.34. The molecule has 0 bridgehead atoms. The zero-order valence-corrected chi connectivity index (χ0v) is 21.5. The van der Waals surface area contributed by atoms with E-state index >= 15 is 0 Å². The first-order chi connectivity index (χ1) is 17.6. The van der Waals surface area contributed by atoms with Gasteiger partial charge in [-0.25, -0.2) is 0 Å². The summed E-state index contributed by atoms with van der Waals surface area (Å²) in [6.45, 7) is 13.2. The van der Waals surface area contributed by atoms with Gasteiger partial charge in [-0.15, -0.1) is 0 Å². The Labute approximate surface area is 212 Å². The number of aromatic amines is 1. The van der Waals surface area contributed by atoms with Crippen LogP contribution in [0, 0.1) is 0 Å². The lowest BCUT2D eigenvalue weighted by Crippen LogP contribution is -2.36. The van der Waals surface area contributed by atoms with Gasteiger partial charge in [-0.05, 0) is 54.3 Å². The molecular formula is C29H34N4O3. The Morgan fingerprint density at radius 2 is 1.94 bits per heavy atom. The van der Waals surface area contributed by atoms with E-state index in [1.807, 2.05) is 52.1 Å². The second-order valence-electron chi connectivity index (χ2n) is 8.29. The minimum atomic E-state index is -0.148. The van der Waals surface area contributed by atoms with Crippen molar-refractivity contribution in [1.82, 2.24) is 15.3 Å². The zero-order valence-electron chi connectivity index (χ0n) is 21.5. The van der Waals surface area contributed by atoms with Gasteiger partial charge in [0.1, 0.15) is 12.4 Å². The predicted molar refractivity (Wildman–Crippen MR) is 144 cm³/mol. The van der Waals surface area contributed by atoms with Crippen LogP contribution < -0.4 is 15.0 Å². The topological polar surface area (TPSA) is 87.3 Å². The number of fused-ring (bicyclic) bond motifs is 6. The normalized spacial score (nSPS) is 14.7. The molecule has 2 aromatic heterocycles. The second kappa shape index (κ2) is 10.8. The number of nitrogens with one attached hydrogen (secondary N) is 2. The Kier molecular flexibility index (Phi) is 7.58. The fourth-order valence-electron chi connectivity index (χ4n) is 4.98. The monoisotopic (exact) mass is 486 g/mol. The quantitative estimate of drug-likeness (QED) is 0.494. The van der Waals surface area contributed by atoms with E-state index in [9.17, 15) is 9.59 Å². The molecule has 4 heterocycles. The maximum Gasteiger partial charge on any atom is 0.253 e. The molecule has 0 atom stereocenters. The second-order valence-corrected chi connectivity index (χ2v) is 8.29. The lowest BCUT2D eigenvalue weighted by Gasteiger charge is -2.29. The van der Waals surface area contributed by atoms with E-state index < -0.39 is 0 Å². The van der Waals surface area contributed by atoms with Crippen LogP contribution in [0.3, 0.4) is 0 Å². The van der Waals surface area contributed by atoms with Gasteiger partial charge in [0.05, 0.1) is 29.2 Å². The molecule has 0 spiro atoms. The van der Waals surface area contributed by atoms with Crippen LogP contribution in [-0.2, 0) is 24.1 Å². The molecule has 36 heavy (non-hydrogen) atoms. The molecule has 2 amide bonds. The molecular weight excluding hydrogens is 452 g/mol. The molecule has 1 aromatic carbocycles. The van der Waals surface area contributed by atoms with Crippen molar-refractivity contribution in [3.8, 4) is 28.3 Å². The van der Waals surface area contributed by atoms with Gasteiger partial charge in [0, 0.05) is 36.0 Å². The summed E-state index contributed by atoms with van der Waals surface area (Å²) in [4.78, 5) is 34.7. The number of pyridine rings is 1. The van der Waals surface area contributed by atoms with Gasteiger partial charge in [0.15, 0.2) is 0 Å². The van der Waals surface area contributed by atoms with E-state index in [0.29, 0.717) is 25.4 Å². The predicted octanol–water partition coefficient (Wildman–Crippen LogP) is 5.09. The van der Waals surface area contributed by atoms with Crippen molar-refractivity contribution >= 4 is 17.5 Å². The lowest BCUT2D eigenvalue weighted by molar-refractivity contribution is -0.114. The third-order valence-corrected chi connectivity index (χ3v) is 6.53. The molecule has 0 saturated carbocycles. The molecule has 6 rings (SSSR count). The van der Waals surface area contributed by atoms with Crippen LogP contribution in [0.25, 0.3) is 22.5 Å². The Hall–Kier alpha value is -3.87. The Morgan fingerprint density at radius 3 is 2.72 bits per heavy atom. The molecule has 0 saturated heterocycles. The van der Waals surface area contributed by atoms with Gasteiger partial charge < -0.3 is 19.9 Å². The number of nitrogens with zero attached hydrogens (tertiary/aromatic N) is 2. The minimum Gasteiger partial charge on any atom is -0.490 e. The summed E-state index contributed by atoms with van der Waals surface area (Å²) in [6.07, 6.45) is 5.75. The molecule has 3 aliphatic rings. The number of hydrogen-bond donors (Lipinski definition) is 2. The van der Waals surface area contributed by atoms with E-state index in [4.69, 9.17) is 9.72 Å². The van der Waals surface area contributed by atoms with Crippen LogP contribution in [-0.4, -0.2) is 41.5 Å². The van der Waals surface area contributed by atoms with E-state index in [1.54, 1.807) is 4.90 Å². The largest absolute Gasteiger partial charge is 0.490 e. The van der Waals surface area contributed by atoms with Crippen LogP contribution in [0.2, 0.25) is 0 Å². The number of hydrogen-bond acceptors (Lipinski definition) is 4. The highest BCUT2D eigenvalue weighted by Gasteiger charge is 2.30. The number of anilines is 1. The van der Waals surface area contributed by atoms with Crippen molar-refractivity contribution in [3.63, 3.8) is 0 Å². The molecule has 2 aliphatic heterocycles. The summed E-state index contributed by atoms with van der Waals surface area (Å²) in [5, 5.41) is 2.96. The Balaban J connectivity index is 0.000000726. The van der Waals surface area contributed by atoms with Gasteiger partial charge in [-0.3, -0.25) is 14.6 Å². The Bertz CT molecular complexity index is 1310. The fraction of sp³-hybridized carbons (Fsp3) is 0.345. The molecule has 0 radical (unpaired) electrons. The van der Waals surface area contributed by atoms with Crippen molar-refractivity contribution in [2.24, 2.45) is 0 Å². The first-order valence-electron chi connectivity index (χ1n) is 12.9. The third-order valence-electron chi connectivity index (χ3n) is 6.53. The number of rotatable bonds is 2. The van der Waals surface area contributed by atoms with Crippen LogP contribution >= 0.6 is 0 Å². The SMILES string of the molecule is C=CC(=O)N1CCOc2ccc(-c3cc4c(cn3)CCc3c-4[nH]c4c3C(=O)NCC4)cc21.CC.CC. The number of H-pyrrole nitrogens is 1. The first kappa shape index (κ1) is 25.2. The molecule has 7 nitrogen and oxygen atoms in total. The Morgan fingerprint density at radius 1 is 1.14 bits per heavy atom. The summed E-state index contributed by atoms with van der Waals surface area (Å²) in [7, 11) is 0. The highest BCUT2D eigenvalue weighted by Crippen LogP contribution is 2.40. The molecule has 7 heteroatoms. The first-order valence-corrected chi connectivity index (χ1v) is 12.9. The maximum absolute atomic E-state index is 12.5. The van der Waals surface area contributed by atoms with Crippen molar-refractivity contribution in [1.29, 1.82) is 0 Å². The number of ether oxygens (including phenoxy) is 1. The number of aryl methyl sites for hydroxylation is 1. The lowest BCUT2D eigenvalue weighted by atomic mass is 9.88. The fourth-order valence-corrected chi connectivity index (χ4v) is 4.98. The summed E-state index contributed by atoms with van der Waals surface area (Å²) < 4.78 is 5.74. The van der Waals surface area contributed by atoms with Gasteiger partial charge in [0.2, 0.25) is 0 Å². The van der Waals surface area contributed by atoms with E-state index in [0.717, 1.165) is 64.3 Å². The highest BCUT2D eigenvalue weighted by atomic mass is 16.5. The summed E-state index contributed by atoms with van der Waals surface area (Å²) in [5.74, 6) is 0.548. The summed E-state index contributed by atoms with van der Waals surface area (Å²) in [5.41, 5.74) is 8.68. The maximum atomic E-state index is 12.5. The third kappa shape index (κ3) is 4.30. The van der Waals surface area contributed by atoms with Crippen molar-refractivity contribution in [3.05, 3.63) is 65.5 Å². The number of aromatic nitrogens is 2. The van der Waals surface area contributed by atoms with E-state index in [1.165, 1.54) is 11.6 Å². The molecule has 1 aliphatic carbocycles. The van der Waals surface area contributed by atoms with Crippen molar-refractivity contribution < 1.29 is 14.3 Å². The van der Waals surface area contributed by atoms with E-state index in [2.05, 4.69) is 22.9 Å². The van der Waals surface area contributed by atoms with Crippen LogP contribution in [0.1, 0.15) is 54.9 Å². The summed E-state index contributed by atoms with van der Waals surface area (Å²) >= 11 is 0. The standard InChI is InChI=1S/C25H22N4O3.2C2H6/c1-2-22(30)29-9-10-32-21-6-4-14(11-20(21)29)19-12-17-15(13-27-19)3-5-16-23-18(28-24(16)17)7-8-26-25(23)31;2*1-2/h2,4,6,11-13,28H,1,3,5,7-10H2,(H,26,31);2*1-2H3. The van der Waals surface area contributed by atoms with Crippen LogP contribution in [0.5, 0.6) is 5.75 Å². The van der Waals surface area contributed by atoms with Gasteiger partial charge in [-0.1, -0.05) is 34.3 Å². The molecule has 0 fully saturated rings. The molecule has 3 aromatic rings. The van der Waals surface area contributed by atoms with Crippen molar-refractivity contribution in [2.75, 3.05) is 24.6 Å². The average molecular weight is 487 g/mol. The van der Waals surface area contributed by atoms with Gasteiger partial charge in [-0.2, -0.15) is 0 Å². The highest BCUT2D eigenvalue weighted by molar-refractivity contribution is 6.03. The van der Waals surface area contributed by atoms with E-state index in [-0.39, 0.29) is 11.8 Å². The van der Waals surface area contributed by atoms with Crippen molar-refractivity contribution in [2.45, 2.75) is 47.0 Å². The van der Waals surface area contributed by atoms with Crippen LogP contribution in [0.4, 0.5) is 5.69 Å². The smallest absolute Gasteiger partial charge is 0.253 e. The molecule has 0 unspecified atom stereocenters. The number of carbonyl (C=O) groups excluding carboxylic acids is 2. The van der Waals surface area contributed by atoms with Crippen LogP contribution in [0.15, 0.2) is 43.1 Å². The zero-order chi connectivity index (χ0) is 25.8. The molecule has 2 N–H and O–H groups in total. The van der Waals surface area contributed by atoms with Gasteiger partial charge in [0.25, 0.3) is 11.8 Å². The van der Waals surface area contributed by atoms with Gasteiger partial charge >= 0.3 is 0 Å². The molecule has 188 valence electrons. The number of benzene rings is 1. The minimum absolute atomic E-state index is 0.0168.